The highest BCUT2D eigenvalue weighted by Gasteiger charge is 2.12. The Balaban J connectivity index is 1.37. The van der Waals surface area contributed by atoms with E-state index in [-0.39, 0.29) is 0 Å². The van der Waals surface area contributed by atoms with Gasteiger partial charge in [0.05, 0.1) is 0 Å². The van der Waals surface area contributed by atoms with Crippen LogP contribution in [0.2, 0.25) is 0 Å². The van der Waals surface area contributed by atoms with Crippen molar-refractivity contribution in [3.63, 3.8) is 0 Å². The van der Waals surface area contributed by atoms with Gasteiger partial charge in [0.1, 0.15) is 0 Å². The zero-order chi connectivity index (χ0) is 26.2. The van der Waals surface area contributed by atoms with Gasteiger partial charge in [0.2, 0.25) is 0 Å². The quantitative estimate of drug-likeness (QED) is 0.177. The van der Waals surface area contributed by atoms with Crippen LogP contribution in [0.5, 0.6) is 0 Å². The van der Waals surface area contributed by atoms with E-state index >= 15 is 0 Å². The number of hydrogen-bond acceptors (Lipinski definition) is 1. The van der Waals surface area contributed by atoms with Crippen LogP contribution in [-0.4, -0.2) is 0 Å². The average molecular weight is 582 g/mol. The van der Waals surface area contributed by atoms with Crippen molar-refractivity contribution in [3.05, 3.63) is 155 Å². The fourth-order valence-corrected chi connectivity index (χ4v) is 7.32. The molecule has 1 aromatic heterocycles. The summed E-state index contributed by atoms with van der Waals surface area (Å²) in [7, 11) is 0. The Hall–Kier alpha value is -3.98. The normalized spacial score (nSPS) is 12.0. The second kappa shape index (κ2) is 10.3. The first-order valence-electron chi connectivity index (χ1n) is 13.2. The van der Waals surface area contributed by atoms with Gasteiger partial charge in [-0.25, -0.2) is 0 Å². The summed E-state index contributed by atoms with van der Waals surface area (Å²) in [5.74, 6) is 0. The first-order valence-corrected chi connectivity index (χ1v) is 14.8. The maximum atomic E-state index is 3.83. The highest BCUT2D eigenvalue weighted by molar-refractivity contribution is 9.10. The fraction of sp³-hybridized carbons (Fsp3) is 0.0270. The molecule has 0 saturated heterocycles. The predicted octanol–water partition coefficient (Wildman–Crippen LogP) is 11.4. The van der Waals surface area contributed by atoms with Gasteiger partial charge in [-0.2, -0.15) is 0 Å². The number of benzene rings is 6. The molecule has 0 amide bonds. The number of halogens is 1. The maximum Gasteiger partial charge on any atom is 0.0433 e. The molecule has 39 heavy (non-hydrogen) atoms. The van der Waals surface area contributed by atoms with Crippen molar-refractivity contribution < 1.29 is 0 Å². The van der Waals surface area contributed by atoms with Gasteiger partial charge in [-0.1, -0.05) is 131 Å². The maximum absolute atomic E-state index is 3.83. The van der Waals surface area contributed by atoms with Gasteiger partial charge >= 0.3 is 0 Å². The number of allylic oxidation sites excluding steroid dienone is 1. The van der Waals surface area contributed by atoms with Crippen LogP contribution in [0, 0.1) is 0 Å². The Bertz CT molecular complexity index is 1990. The zero-order valence-electron chi connectivity index (χ0n) is 21.3. The van der Waals surface area contributed by atoms with E-state index in [0.29, 0.717) is 0 Å². The van der Waals surface area contributed by atoms with E-state index in [9.17, 15) is 0 Å². The van der Waals surface area contributed by atoms with Gasteiger partial charge in [-0.3, -0.25) is 0 Å². The van der Waals surface area contributed by atoms with Crippen LogP contribution in [0.4, 0.5) is 0 Å². The minimum absolute atomic E-state index is 0.860. The minimum atomic E-state index is 0.860. The van der Waals surface area contributed by atoms with E-state index in [1.165, 1.54) is 64.3 Å². The summed E-state index contributed by atoms with van der Waals surface area (Å²) in [4.78, 5) is 0. The molecule has 0 aliphatic carbocycles. The van der Waals surface area contributed by atoms with E-state index in [1.54, 1.807) is 0 Å². The van der Waals surface area contributed by atoms with E-state index in [0.717, 1.165) is 10.9 Å². The fourth-order valence-electron chi connectivity index (χ4n) is 5.57. The van der Waals surface area contributed by atoms with Crippen molar-refractivity contribution in [3.8, 4) is 11.1 Å². The average Bonchev–Trinajstić information content (AvgIpc) is 3.36. The van der Waals surface area contributed by atoms with Gasteiger partial charge in [-0.15, -0.1) is 11.3 Å². The van der Waals surface area contributed by atoms with Crippen molar-refractivity contribution >= 4 is 69.9 Å². The third-order valence-electron chi connectivity index (χ3n) is 7.38. The summed E-state index contributed by atoms with van der Waals surface area (Å²) in [6.45, 7) is 0. The lowest BCUT2D eigenvalue weighted by Gasteiger charge is -2.13. The third kappa shape index (κ3) is 4.71. The van der Waals surface area contributed by atoms with Gasteiger partial charge in [0, 0.05) is 24.6 Å². The largest absolute Gasteiger partial charge is 0.135 e. The van der Waals surface area contributed by atoms with Crippen molar-refractivity contribution in [1.82, 2.24) is 0 Å². The first-order chi connectivity index (χ1) is 19.2. The summed E-state index contributed by atoms with van der Waals surface area (Å²) in [5.41, 5.74) is 7.59. The Kier molecular flexibility index (Phi) is 6.36. The Morgan fingerprint density at radius 1 is 0.641 bits per heavy atom. The minimum Gasteiger partial charge on any atom is -0.135 e. The van der Waals surface area contributed by atoms with Crippen LogP contribution in [0.1, 0.15) is 16.7 Å². The molecule has 0 spiro atoms. The second-order valence-corrected chi connectivity index (χ2v) is 11.9. The highest BCUT2D eigenvalue weighted by Crippen LogP contribution is 2.41. The lowest BCUT2D eigenvalue weighted by Crippen LogP contribution is -1.93. The molecule has 0 N–H and O–H groups in total. The Morgan fingerprint density at radius 3 is 2.26 bits per heavy atom. The molecular weight excluding hydrogens is 556 g/mol. The molecule has 186 valence electrons. The molecule has 6 aromatic carbocycles. The highest BCUT2D eigenvalue weighted by atomic mass is 79.9. The van der Waals surface area contributed by atoms with Crippen LogP contribution < -0.4 is 0 Å². The Morgan fingerprint density at radius 2 is 1.36 bits per heavy atom. The first kappa shape index (κ1) is 24.1. The SMILES string of the molecule is Brc1cc(/C=C(/Cc2cccc3ccccc23)c2ccccc2)cc(-c2cccc3c2sc2ccccc23)c1. The molecular formula is C37H25BrS. The number of fused-ring (bicyclic) bond motifs is 4. The molecule has 0 aliphatic heterocycles. The number of hydrogen-bond donors (Lipinski definition) is 0. The molecule has 0 atom stereocenters. The van der Waals surface area contributed by atoms with E-state index in [1.807, 2.05) is 11.3 Å². The summed E-state index contributed by atoms with van der Waals surface area (Å²) >= 11 is 5.71. The van der Waals surface area contributed by atoms with E-state index in [4.69, 9.17) is 0 Å². The third-order valence-corrected chi connectivity index (χ3v) is 9.06. The lowest BCUT2D eigenvalue weighted by atomic mass is 9.92. The van der Waals surface area contributed by atoms with Crippen molar-refractivity contribution in [2.24, 2.45) is 0 Å². The molecule has 0 unspecified atom stereocenters. The van der Waals surface area contributed by atoms with E-state index < -0.39 is 0 Å². The zero-order valence-corrected chi connectivity index (χ0v) is 23.7. The van der Waals surface area contributed by atoms with Crippen molar-refractivity contribution in [1.29, 1.82) is 0 Å². The van der Waals surface area contributed by atoms with Crippen LogP contribution in [0.15, 0.2) is 138 Å². The predicted molar refractivity (Wildman–Crippen MR) is 174 cm³/mol. The lowest BCUT2D eigenvalue weighted by molar-refractivity contribution is 1.32. The van der Waals surface area contributed by atoms with E-state index in [2.05, 4.69) is 155 Å². The number of thiophene rings is 1. The second-order valence-electron chi connectivity index (χ2n) is 9.90. The smallest absolute Gasteiger partial charge is 0.0433 e. The summed E-state index contributed by atoms with van der Waals surface area (Å²) in [6.07, 6.45) is 3.22. The van der Waals surface area contributed by atoms with Crippen LogP contribution in [0.25, 0.3) is 53.7 Å². The molecule has 0 nitrogen and oxygen atoms in total. The molecule has 2 heteroatoms. The molecule has 7 rings (SSSR count). The summed E-state index contributed by atoms with van der Waals surface area (Å²) in [5, 5.41) is 5.25. The Labute approximate surface area is 241 Å². The number of rotatable bonds is 5. The monoisotopic (exact) mass is 580 g/mol. The van der Waals surface area contributed by atoms with Crippen molar-refractivity contribution in [2.45, 2.75) is 6.42 Å². The van der Waals surface area contributed by atoms with Crippen molar-refractivity contribution in [2.75, 3.05) is 0 Å². The molecule has 0 bridgehead atoms. The van der Waals surface area contributed by atoms with Gasteiger partial charge in [-0.05, 0) is 74.8 Å². The van der Waals surface area contributed by atoms with Gasteiger partial charge < -0.3 is 0 Å². The van der Waals surface area contributed by atoms with Crippen LogP contribution >= 0.6 is 27.3 Å². The topological polar surface area (TPSA) is 0 Å². The summed E-state index contributed by atoms with van der Waals surface area (Å²) < 4.78 is 3.75. The molecule has 0 radical (unpaired) electrons. The van der Waals surface area contributed by atoms with Crippen LogP contribution in [0.3, 0.4) is 0 Å². The molecule has 0 fully saturated rings. The summed E-state index contributed by atoms with van der Waals surface area (Å²) in [6, 6.07) is 48.2. The van der Waals surface area contributed by atoms with Crippen LogP contribution in [-0.2, 0) is 6.42 Å². The molecule has 0 saturated carbocycles. The van der Waals surface area contributed by atoms with Gasteiger partial charge in [0.25, 0.3) is 0 Å². The van der Waals surface area contributed by atoms with Gasteiger partial charge in [0.15, 0.2) is 0 Å². The molecule has 0 aliphatic rings. The molecule has 7 aromatic rings. The standard InChI is InChI=1S/C37H25BrS/c38-31-22-25(21-30(24-31)33-17-9-18-35-34-16-6-7-19-36(34)39-37(33)35)20-29(26-10-2-1-3-11-26)23-28-14-8-13-27-12-4-5-15-32(27)28/h1-22,24H,23H2/b29-20-. The molecule has 1 heterocycles.